The maximum Gasteiger partial charge on any atom is 0.209 e. The lowest BCUT2D eigenvalue weighted by Crippen LogP contribution is -2.19. The van der Waals surface area contributed by atoms with Gasteiger partial charge in [-0.1, -0.05) is 62.4 Å². The predicted octanol–water partition coefficient (Wildman–Crippen LogP) is 6.35. The fourth-order valence-corrected chi connectivity index (χ4v) is 3.93. The molecule has 144 valence electrons. The molecule has 1 N–H and O–H groups in total. The summed E-state index contributed by atoms with van der Waals surface area (Å²) in [5, 5.41) is 3.50. The zero-order valence-corrected chi connectivity index (χ0v) is 16.4. The van der Waals surface area contributed by atoms with Gasteiger partial charge in [0.2, 0.25) is 5.95 Å². The summed E-state index contributed by atoms with van der Waals surface area (Å²) in [6, 6.07) is 23.4. The Morgan fingerprint density at radius 2 is 1.66 bits per heavy atom. The van der Waals surface area contributed by atoms with Gasteiger partial charge < -0.3 is 5.32 Å². The summed E-state index contributed by atoms with van der Waals surface area (Å²) in [5.41, 5.74) is 6.44. The molecule has 1 aliphatic rings. The summed E-state index contributed by atoms with van der Waals surface area (Å²) in [7, 11) is 0. The van der Waals surface area contributed by atoms with Crippen LogP contribution in [0.15, 0.2) is 78.9 Å². The van der Waals surface area contributed by atoms with Gasteiger partial charge in [0.05, 0.1) is 17.1 Å². The maximum atomic E-state index is 13.5. The first-order chi connectivity index (χ1) is 14.1. The molecule has 5 rings (SSSR count). The number of para-hydroxylation sites is 2. The molecule has 4 aromatic rings. The van der Waals surface area contributed by atoms with E-state index < -0.39 is 0 Å². The van der Waals surface area contributed by atoms with Crippen LogP contribution in [0, 0.1) is 5.82 Å². The normalized spacial score (nSPS) is 15.9. The molecular weight excluding hydrogens is 361 g/mol. The van der Waals surface area contributed by atoms with Crippen LogP contribution in [0.5, 0.6) is 0 Å². The molecule has 0 saturated heterocycles. The van der Waals surface area contributed by atoms with Gasteiger partial charge in [0.25, 0.3) is 0 Å². The Hall–Kier alpha value is -3.40. The van der Waals surface area contributed by atoms with E-state index >= 15 is 0 Å². The highest BCUT2D eigenvalue weighted by atomic mass is 19.1. The van der Waals surface area contributed by atoms with Gasteiger partial charge in [-0.15, -0.1) is 0 Å². The monoisotopic (exact) mass is 383 g/mol. The standard InChI is InChI=1S/C25H22FN3/c1-16(2)17-7-9-18(10-8-17)22-15-24(19-11-13-20(26)14-12-19)29-23-6-4-3-5-21(23)27-25(29)28-22/h3-16,24H,1-2H3,(H,27,28). The van der Waals surface area contributed by atoms with E-state index in [-0.39, 0.29) is 11.9 Å². The van der Waals surface area contributed by atoms with Gasteiger partial charge in [0, 0.05) is 5.70 Å². The SMILES string of the molecule is CC(C)c1ccc(C2=CC(c3ccc(F)cc3)n3c(nc4ccccc43)N2)cc1. The zero-order valence-electron chi connectivity index (χ0n) is 16.4. The van der Waals surface area contributed by atoms with Crippen LogP contribution in [0.2, 0.25) is 0 Å². The van der Waals surface area contributed by atoms with Crippen LogP contribution in [0.25, 0.3) is 16.7 Å². The molecule has 1 unspecified atom stereocenters. The number of imidazole rings is 1. The van der Waals surface area contributed by atoms with E-state index in [1.807, 2.05) is 30.3 Å². The average Bonchev–Trinajstić information content (AvgIpc) is 3.12. The number of aromatic nitrogens is 2. The lowest BCUT2D eigenvalue weighted by atomic mass is 9.98. The topological polar surface area (TPSA) is 29.9 Å². The summed E-state index contributed by atoms with van der Waals surface area (Å²) in [4.78, 5) is 4.81. The minimum atomic E-state index is -0.230. The second-order valence-electron chi connectivity index (χ2n) is 7.77. The van der Waals surface area contributed by atoms with Crippen molar-refractivity contribution in [1.82, 2.24) is 9.55 Å². The quantitative estimate of drug-likeness (QED) is 0.446. The van der Waals surface area contributed by atoms with Crippen LogP contribution < -0.4 is 5.32 Å². The molecule has 0 aliphatic carbocycles. The highest BCUT2D eigenvalue weighted by molar-refractivity contribution is 5.85. The zero-order chi connectivity index (χ0) is 20.0. The Labute approximate surface area is 169 Å². The van der Waals surface area contributed by atoms with Crippen molar-refractivity contribution in [2.75, 3.05) is 5.32 Å². The van der Waals surface area contributed by atoms with Gasteiger partial charge in [0.1, 0.15) is 5.82 Å². The van der Waals surface area contributed by atoms with Crippen molar-refractivity contribution < 1.29 is 4.39 Å². The molecule has 4 heteroatoms. The van der Waals surface area contributed by atoms with E-state index in [1.54, 1.807) is 0 Å². The van der Waals surface area contributed by atoms with Gasteiger partial charge >= 0.3 is 0 Å². The second kappa shape index (κ2) is 6.89. The minimum Gasteiger partial charge on any atom is -0.325 e. The summed E-state index contributed by atoms with van der Waals surface area (Å²) >= 11 is 0. The van der Waals surface area contributed by atoms with E-state index in [9.17, 15) is 4.39 Å². The van der Waals surface area contributed by atoms with Gasteiger partial charge in [-0.25, -0.2) is 9.37 Å². The molecule has 1 aliphatic heterocycles. The Morgan fingerprint density at radius 1 is 0.931 bits per heavy atom. The van der Waals surface area contributed by atoms with Crippen molar-refractivity contribution in [2.24, 2.45) is 0 Å². The van der Waals surface area contributed by atoms with Gasteiger partial charge in [-0.05, 0) is 52.9 Å². The Kier molecular flexibility index (Phi) is 4.20. The first-order valence-electron chi connectivity index (χ1n) is 9.92. The van der Waals surface area contributed by atoms with E-state index in [4.69, 9.17) is 4.98 Å². The highest BCUT2D eigenvalue weighted by Crippen LogP contribution is 2.37. The molecule has 1 aromatic heterocycles. The number of benzene rings is 3. The number of anilines is 1. The molecule has 0 bridgehead atoms. The molecule has 2 heterocycles. The van der Waals surface area contributed by atoms with Gasteiger partial charge in [-0.3, -0.25) is 4.57 Å². The summed E-state index contributed by atoms with van der Waals surface area (Å²) in [5.74, 6) is 1.06. The van der Waals surface area contributed by atoms with Crippen molar-refractivity contribution >= 4 is 22.7 Å². The first-order valence-corrected chi connectivity index (χ1v) is 9.92. The molecule has 29 heavy (non-hydrogen) atoms. The molecule has 0 radical (unpaired) electrons. The number of hydrogen-bond acceptors (Lipinski definition) is 2. The number of nitrogens with zero attached hydrogens (tertiary/aromatic N) is 2. The summed E-state index contributed by atoms with van der Waals surface area (Å²) < 4.78 is 15.7. The fourth-order valence-electron chi connectivity index (χ4n) is 3.93. The molecule has 0 spiro atoms. The molecule has 0 fully saturated rings. The first kappa shape index (κ1) is 17.7. The number of allylic oxidation sites excluding steroid dienone is 1. The molecular formula is C25H22FN3. The molecule has 0 amide bonds. The molecule has 1 atom stereocenters. The number of hydrogen-bond donors (Lipinski definition) is 1. The Balaban J connectivity index is 1.65. The van der Waals surface area contributed by atoms with Crippen LogP contribution in [0.4, 0.5) is 10.3 Å². The summed E-state index contributed by atoms with van der Waals surface area (Å²) in [6.45, 7) is 4.39. The van der Waals surface area contributed by atoms with Gasteiger partial charge in [0.15, 0.2) is 0 Å². The molecule has 3 aromatic carbocycles. The highest BCUT2D eigenvalue weighted by Gasteiger charge is 2.25. The Bertz CT molecular complexity index is 1200. The predicted molar refractivity (Wildman–Crippen MR) is 116 cm³/mol. The number of nitrogens with one attached hydrogen (secondary N) is 1. The van der Waals surface area contributed by atoms with E-state index in [2.05, 4.69) is 60.1 Å². The van der Waals surface area contributed by atoms with Crippen LogP contribution in [0.3, 0.4) is 0 Å². The number of rotatable bonds is 3. The smallest absolute Gasteiger partial charge is 0.209 e. The van der Waals surface area contributed by atoms with Crippen LogP contribution >= 0.6 is 0 Å². The maximum absolute atomic E-state index is 13.5. The van der Waals surface area contributed by atoms with Crippen molar-refractivity contribution in [2.45, 2.75) is 25.8 Å². The Morgan fingerprint density at radius 3 is 2.38 bits per heavy atom. The number of halogens is 1. The van der Waals surface area contributed by atoms with Gasteiger partial charge in [-0.2, -0.15) is 0 Å². The van der Waals surface area contributed by atoms with E-state index in [1.165, 1.54) is 17.7 Å². The lowest BCUT2D eigenvalue weighted by Gasteiger charge is -2.26. The van der Waals surface area contributed by atoms with Crippen LogP contribution in [0.1, 0.15) is 42.5 Å². The van der Waals surface area contributed by atoms with Crippen LogP contribution in [-0.4, -0.2) is 9.55 Å². The molecule has 3 nitrogen and oxygen atoms in total. The van der Waals surface area contributed by atoms with Crippen molar-refractivity contribution in [3.8, 4) is 0 Å². The third-order valence-electron chi connectivity index (χ3n) is 5.54. The molecule has 0 saturated carbocycles. The lowest BCUT2D eigenvalue weighted by molar-refractivity contribution is 0.624. The summed E-state index contributed by atoms with van der Waals surface area (Å²) in [6.07, 6.45) is 2.19. The van der Waals surface area contributed by atoms with Crippen LogP contribution in [-0.2, 0) is 0 Å². The number of fused-ring (bicyclic) bond motifs is 3. The second-order valence-corrected chi connectivity index (χ2v) is 7.77. The third-order valence-corrected chi connectivity index (χ3v) is 5.54. The third kappa shape index (κ3) is 3.11. The fraction of sp³-hybridized carbons (Fsp3) is 0.160. The average molecular weight is 383 g/mol. The van der Waals surface area contributed by atoms with Crippen molar-refractivity contribution in [3.05, 3.63) is 101 Å². The van der Waals surface area contributed by atoms with E-state index in [0.29, 0.717) is 5.92 Å². The van der Waals surface area contributed by atoms with Crippen molar-refractivity contribution in [1.29, 1.82) is 0 Å². The largest absolute Gasteiger partial charge is 0.325 e. The van der Waals surface area contributed by atoms with E-state index in [0.717, 1.165) is 33.8 Å². The minimum absolute atomic E-state index is 0.0703. The van der Waals surface area contributed by atoms with Crippen molar-refractivity contribution in [3.63, 3.8) is 0 Å².